The van der Waals surface area contributed by atoms with Gasteiger partial charge in [-0.05, 0) is 57.3 Å². The molecule has 1 fully saturated rings. The number of rotatable bonds is 6. The maximum atomic E-state index is 12.7. The standard InChI is InChI=1S/C17H29N3O/c1-4-17(5-2,6-3)19-16(21)15-8-7-13-20(15)14-9-11-18-12-10-14/h7-8,13-14,18H,4-6,9-12H2,1-3H3,(H,19,21). The van der Waals surface area contributed by atoms with Crippen molar-refractivity contribution in [3.05, 3.63) is 24.0 Å². The van der Waals surface area contributed by atoms with Crippen LogP contribution in [-0.4, -0.2) is 29.1 Å². The second-order valence-electron chi connectivity index (χ2n) is 6.08. The van der Waals surface area contributed by atoms with Crippen molar-refractivity contribution in [2.45, 2.75) is 64.5 Å². The second kappa shape index (κ2) is 7.12. The highest BCUT2D eigenvalue weighted by atomic mass is 16.2. The maximum Gasteiger partial charge on any atom is 0.268 e. The van der Waals surface area contributed by atoms with Crippen molar-refractivity contribution in [3.63, 3.8) is 0 Å². The van der Waals surface area contributed by atoms with Gasteiger partial charge in [0.15, 0.2) is 0 Å². The molecule has 0 bridgehead atoms. The molecule has 0 saturated carbocycles. The van der Waals surface area contributed by atoms with Gasteiger partial charge >= 0.3 is 0 Å². The third-order valence-corrected chi connectivity index (χ3v) is 5.12. The van der Waals surface area contributed by atoms with E-state index in [2.05, 4.69) is 42.2 Å². The lowest BCUT2D eigenvalue weighted by Gasteiger charge is -2.32. The van der Waals surface area contributed by atoms with Gasteiger partial charge < -0.3 is 15.2 Å². The molecule has 2 rings (SSSR count). The first-order valence-electron chi connectivity index (χ1n) is 8.36. The summed E-state index contributed by atoms with van der Waals surface area (Å²) in [7, 11) is 0. The lowest BCUT2D eigenvalue weighted by molar-refractivity contribution is 0.0875. The average molecular weight is 291 g/mol. The van der Waals surface area contributed by atoms with Gasteiger partial charge in [-0.25, -0.2) is 0 Å². The minimum atomic E-state index is -0.0691. The van der Waals surface area contributed by atoms with Crippen molar-refractivity contribution >= 4 is 5.91 Å². The Bertz CT molecular complexity index is 448. The van der Waals surface area contributed by atoms with Crippen LogP contribution in [0.5, 0.6) is 0 Å². The zero-order valence-electron chi connectivity index (χ0n) is 13.6. The molecule has 2 heterocycles. The summed E-state index contributed by atoms with van der Waals surface area (Å²) in [5.41, 5.74) is 0.738. The molecule has 1 aromatic heterocycles. The summed E-state index contributed by atoms with van der Waals surface area (Å²) in [4.78, 5) is 12.7. The highest BCUT2D eigenvalue weighted by molar-refractivity contribution is 5.93. The molecule has 0 aromatic carbocycles. The third-order valence-electron chi connectivity index (χ3n) is 5.12. The Kier molecular flexibility index (Phi) is 5.45. The first kappa shape index (κ1) is 16.1. The molecule has 21 heavy (non-hydrogen) atoms. The summed E-state index contributed by atoms with van der Waals surface area (Å²) >= 11 is 0. The molecule has 0 aliphatic carbocycles. The van der Waals surface area contributed by atoms with Crippen LogP contribution in [0.4, 0.5) is 0 Å². The molecule has 0 radical (unpaired) electrons. The lowest BCUT2D eigenvalue weighted by atomic mass is 9.89. The molecule has 2 N–H and O–H groups in total. The van der Waals surface area contributed by atoms with Gasteiger partial charge in [-0.15, -0.1) is 0 Å². The van der Waals surface area contributed by atoms with E-state index < -0.39 is 0 Å². The number of hydrogen-bond acceptors (Lipinski definition) is 2. The zero-order chi connectivity index (χ0) is 15.3. The molecule has 0 atom stereocenters. The highest BCUT2D eigenvalue weighted by Gasteiger charge is 2.28. The van der Waals surface area contributed by atoms with E-state index in [1.54, 1.807) is 0 Å². The number of piperidine rings is 1. The Balaban J connectivity index is 2.14. The first-order valence-corrected chi connectivity index (χ1v) is 8.36. The molecular formula is C17H29N3O. The molecule has 1 aromatic rings. The second-order valence-corrected chi connectivity index (χ2v) is 6.08. The molecule has 4 nitrogen and oxygen atoms in total. The van der Waals surface area contributed by atoms with Crippen LogP contribution in [0.3, 0.4) is 0 Å². The van der Waals surface area contributed by atoms with Crippen molar-refractivity contribution in [3.8, 4) is 0 Å². The predicted octanol–water partition coefficient (Wildman–Crippen LogP) is 3.11. The van der Waals surface area contributed by atoms with E-state index in [4.69, 9.17) is 0 Å². The Labute approximate surface area is 128 Å². The predicted molar refractivity (Wildman–Crippen MR) is 86.6 cm³/mol. The molecule has 1 aliphatic rings. The van der Waals surface area contributed by atoms with E-state index in [0.717, 1.165) is 50.9 Å². The van der Waals surface area contributed by atoms with Crippen LogP contribution < -0.4 is 10.6 Å². The fourth-order valence-electron chi connectivity index (χ4n) is 3.31. The van der Waals surface area contributed by atoms with E-state index in [0.29, 0.717) is 6.04 Å². The smallest absolute Gasteiger partial charge is 0.268 e. The fraction of sp³-hybridized carbons (Fsp3) is 0.706. The number of carbonyl (C=O) groups is 1. The maximum absolute atomic E-state index is 12.7. The molecule has 0 unspecified atom stereocenters. The number of nitrogens with zero attached hydrogens (tertiary/aromatic N) is 1. The molecule has 118 valence electrons. The molecule has 1 amide bonds. The van der Waals surface area contributed by atoms with Gasteiger partial charge in [0.25, 0.3) is 5.91 Å². The van der Waals surface area contributed by atoms with Gasteiger partial charge in [0.2, 0.25) is 0 Å². The number of amides is 1. The highest BCUT2D eigenvalue weighted by Crippen LogP contribution is 2.23. The summed E-state index contributed by atoms with van der Waals surface area (Å²) < 4.78 is 2.17. The van der Waals surface area contributed by atoms with Gasteiger partial charge in [0, 0.05) is 17.8 Å². The van der Waals surface area contributed by atoms with E-state index in [-0.39, 0.29) is 11.4 Å². The van der Waals surface area contributed by atoms with Crippen LogP contribution in [0.25, 0.3) is 0 Å². The summed E-state index contributed by atoms with van der Waals surface area (Å²) in [6.45, 7) is 8.52. The Morgan fingerprint density at radius 1 is 1.29 bits per heavy atom. The van der Waals surface area contributed by atoms with Gasteiger partial charge in [-0.3, -0.25) is 4.79 Å². The normalized spacial score (nSPS) is 16.9. The van der Waals surface area contributed by atoms with E-state index in [9.17, 15) is 4.79 Å². The van der Waals surface area contributed by atoms with Crippen molar-refractivity contribution in [2.24, 2.45) is 0 Å². The minimum absolute atomic E-state index is 0.0691. The Morgan fingerprint density at radius 3 is 2.48 bits per heavy atom. The lowest BCUT2D eigenvalue weighted by Crippen LogP contribution is -2.47. The van der Waals surface area contributed by atoms with Crippen LogP contribution in [0.2, 0.25) is 0 Å². The number of nitrogens with one attached hydrogen (secondary N) is 2. The number of carbonyl (C=O) groups excluding carboxylic acids is 1. The van der Waals surface area contributed by atoms with Crippen molar-refractivity contribution in [2.75, 3.05) is 13.1 Å². The van der Waals surface area contributed by atoms with Crippen LogP contribution in [0.1, 0.15) is 69.4 Å². The molecule has 1 saturated heterocycles. The summed E-state index contributed by atoms with van der Waals surface area (Å²) in [6.07, 6.45) is 7.15. The van der Waals surface area contributed by atoms with Crippen LogP contribution >= 0.6 is 0 Å². The summed E-state index contributed by atoms with van der Waals surface area (Å²) in [5.74, 6) is 0.0732. The minimum Gasteiger partial charge on any atom is -0.345 e. The molecule has 0 spiro atoms. The SMILES string of the molecule is CCC(CC)(CC)NC(=O)c1cccn1C1CCNCC1. The summed E-state index contributed by atoms with van der Waals surface area (Å²) in [6, 6.07) is 4.38. The third kappa shape index (κ3) is 3.49. The zero-order valence-corrected chi connectivity index (χ0v) is 13.6. The Morgan fingerprint density at radius 2 is 1.90 bits per heavy atom. The fourth-order valence-corrected chi connectivity index (χ4v) is 3.31. The molecular weight excluding hydrogens is 262 g/mol. The van der Waals surface area contributed by atoms with Crippen molar-refractivity contribution in [1.29, 1.82) is 0 Å². The average Bonchev–Trinajstić information content (AvgIpc) is 3.03. The van der Waals surface area contributed by atoms with Crippen LogP contribution in [0, 0.1) is 0 Å². The topological polar surface area (TPSA) is 46.1 Å². The largest absolute Gasteiger partial charge is 0.345 e. The summed E-state index contributed by atoms with van der Waals surface area (Å²) in [5, 5.41) is 6.66. The molecule has 1 aliphatic heterocycles. The van der Waals surface area contributed by atoms with E-state index in [1.165, 1.54) is 0 Å². The van der Waals surface area contributed by atoms with Gasteiger partial charge in [-0.2, -0.15) is 0 Å². The van der Waals surface area contributed by atoms with Crippen molar-refractivity contribution in [1.82, 2.24) is 15.2 Å². The first-order chi connectivity index (χ1) is 10.2. The Hall–Kier alpha value is -1.29. The van der Waals surface area contributed by atoms with Crippen LogP contribution in [0.15, 0.2) is 18.3 Å². The van der Waals surface area contributed by atoms with Gasteiger partial charge in [0.1, 0.15) is 5.69 Å². The number of hydrogen-bond donors (Lipinski definition) is 2. The van der Waals surface area contributed by atoms with Gasteiger partial charge in [0.05, 0.1) is 0 Å². The monoisotopic (exact) mass is 291 g/mol. The molecule has 4 heteroatoms. The number of aromatic nitrogens is 1. The quantitative estimate of drug-likeness (QED) is 0.846. The van der Waals surface area contributed by atoms with E-state index in [1.807, 2.05) is 12.1 Å². The van der Waals surface area contributed by atoms with E-state index >= 15 is 0 Å². The van der Waals surface area contributed by atoms with Gasteiger partial charge in [-0.1, -0.05) is 20.8 Å². The van der Waals surface area contributed by atoms with Crippen molar-refractivity contribution < 1.29 is 4.79 Å². The van der Waals surface area contributed by atoms with Crippen LogP contribution in [-0.2, 0) is 0 Å².